The highest BCUT2D eigenvalue weighted by atomic mass is 32.7. The molecule has 0 N–H and O–H groups in total. The molecular formula is C12H27O3PS. The van der Waals surface area contributed by atoms with Gasteiger partial charge in [-0.1, -0.05) is 26.2 Å². The van der Waals surface area contributed by atoms with Crippen LogP contribution in [0, 0.1) is 0 Å². The van der Waals surface area contributed by atoms with Crippen LogP contribution in [-0.2, 0) is 13.6 Å². The Morgan fingerprint density at radius 3 is 1.94 bits per heavy atom. The molecule has 0 atom stereocenters. The molecule has 0 fully saturated rings. The summed E-state index contributed by atoms with van der Waals surface area (Å²) in [4.78, 5) is 0. The molecule has 3 nitrogen and oxygen atoms in total. The quantitative estimate of drug-likeness (QED) is 0.404. The summed E-state index contributed by atoms with van der Waals surface area (Å²) >= 11 is 1.34. The molecule has 5 heteroatoms. The van der Waals surface area contributed by atoms with Gasteiger partial charge in [0.25, 0.3) is 0 Å². The van der Waals surface area contributed by atoms with Gasteiger partial charge < -0.3 is 0 Å². The van der Waals surface area contributed by atoms with Gasteiger partial charge in [0.2, 0.25) is 0 Å². The molecule has 0 aromatic heterocycles. The minimum atomic E-state index is -2.96. The van der Waals surface area contributed by atoms with E-state index in [1.807, 2.05) is 27.7 Å². The molecule has 0 aromatic rings. The molecule has 0 amide bonds. The van der Waals surface area contributed by atoms with Crippen LogP contribution in [0.15, 0.2) is 0 Å². The van der Waals surface area contributed by atoms with Crippen LogP contribution in [0.25, 0.3) is 0 Å². The second-order valence-corrected chi connectivity index (χ2v) is 8.75. The minimum absolute atomic E-state index is 0.0669. The molecule has 0 aliphatic heterocycles. The number of unbranched alkanes of at least 4 members (excludes halogenated alkanes) is 3. The maximum Gasteiger partial charge on any atom is 0.389 e. The van der Waals surface area contributed by atoms with Gasteiger partial charge in [-0.05, 0) is 45.5 Å². The van der Waals surface area contributed by atoms with Gasteiger partial charge >= 0.3 is 6.80 Å². The van der Waals surface area contributed by atoms with Gasteiger partial charge in [-0.25, -0.2) is 4.57 Å². The second kappa shape index (κ2) is 9.43. The van der Waals surface area contributed by atoms with E-state index in [0.717, 1.165) is 12.2 Å². The van der Waals surface area contributed by atoms with Crippen molar-refractivity contribution in [2.45, 2.75) is 72.5 Å². The summed E-state index contributed by atoms with van der Waals surface area (Å²) in [5, 5.41) is 0. The summed E-state index contributed by atoms with van der Waals surface area (Å²) in [5.74, 6) is 0.844. The van der Waals surface area contributed by atoms with Gasteiger partial charge in [0.15, 0.2) is 0 Å². The molecule has 0 saturated carbocycles. The molecule has 0 radical (unpaired) electrons. The number of rotatable bonds is 10. The summed E-state index contributed by atoms with van der Waals surface area (Å²) in [5.41, 5.74) is 0. The maximum atomic E-state index is 12.4. The van der Waals surface area contributed by atoms with Crippen LogP contribution in [0.2, 0.25) is 0 Å². The van der Waals surface area contributed by atoms with Crippen molar-refractivity contribution in [1.29, 1.82) is 0 Å². The van der Waals surface area contributed by atoms with Crippen molar-refractivity contribution in [2.24, 2.45) is 0 Å². The third kappa shape index (κ3) is 10.1. The van der Waals surface area contributed by atoms with Crippen molar-refractivity contribution in [1.82, 2.24) is 0 Å². The van der Waals surface area contributed by atoms with E-state index in [9.17, 15) is 4.57 Å². The average molecular weight is 282 g/mol. The zero-order valence-corrected chi connectivity index (χ0v) is 13.5. The highest BCUT2D eigenvalue weighted by Crippen LogP contribution is 2.62. The Hall–Kier alpha value is 0.500. The molecule has 0 spiro atoms. The molecule has 0 aromatic carbocycles. The van der Waals surface area contributed by atoms with E-state index in [2.05, 4.69) is 6.92 Å². The first-order valence-electron chi connectivity index (χ1n) is 6.51. The van der Waals surface area contributed by atoms with Crippen LogP contribution in [0.4, 0.5) is 0 Å². The largest absolute Gasteiger partial charge is 0.389 e. The smallest absolute Gasteiger partial charge is 0.298 e. The van der Waals surface area contributed by atoms with E-state index in [4.69, 9.17) is 9.05 Å². The van der Waals surface area contributed by atoms with Gasteiger partial charge in [-0.15, -0.1) is 0 Å². The first kappa shape index (κ1) is 17.5. The predicted molar refractivity (Wildman–Crippen MR) is 76.6 cm³/mol. The topological polar surface area (TPSA) is 35.5 Å². The molecular weight excluding hydrogens is 255 g/mol. The van der Waals surface area contributed by atoms with Crippen LogP contribution >= 0.6 is 18.2 Å². The molecule has 17 heavy (non-hydrogen) atoms. The molecule has 0 rings (SSSR count). The van der Waals surface area contributed by atoms with Gasteiger partial charge in [-0.2, -0.15) is 0 Å². The van der Waals surface area contributed by atoms with Crippen LogP contribution < -0.4 is 0 Å². The molecule has 0 bridgehead atoms. The third-order valence-electron chi connectivity index (χ3n) is 1.93. The fraction of sp³-hybridized carbons (Fsp3) is 1.00. The van der Waals surface area contributed by atoms with E-state index in [1.54, 1.807) is 0 Å². The normalized spacial score (nSPS) is 12.6. The maximum absolute atomic E-state index is 12.4. The fourth-order valence-electron chi connectivity index (χ4n) is 1.31. The second-order valence-electron chi connectivity index (χ2n) is 4.65. The van der Waals surface area contributed by atoms with Crippen LogP contribution in [0.3, 0.4) is 0 Å². The van der Waals surface area contributed by atoms with Crippen LogP contribution in [0.5, 0.6) is 0 Å². The van der Waals surface area contributed by atoms with Gasteiger partial charge in [-0.3, -0.25) is 9.05 Å². The fourth-order valence-corrected chi connectivity index (χ4v) is 5.52. The Balaban J connectivity index is 4.06. The van der Waals surface area contributed by atoms with Crippen LogP contribution in [-0.4, -0.2) is 18.0 Å². The first-order valence-corrected chi connectivity index (χ1v) is 9.64. The van der Waals surface area contributed by atoms with Crippen molar-refractivity contribution in [3.63, 3.8) is 0 Å². The van der Waals surface area contributed by atoms with Crippen molar-refractivity contribution in [3.8, 4) is 0 Å². The molecule has 0 unspecified atom stereocenters. The summed E-state index contributed by atoms with van der Waals surface area (Å²) in [6.45, 7) is 6.75. The first-order chi connectivity index (χ1) is 7.89. The molecule has 0 saturated heterocycles. The zero-order chi connectivity index (χ0) is 13.3. The Morgan fingerprint density at radius 2 is 1.53 bits per heavy atom. The number of hydrogen-bond donors (Lipinski definition) is 0. The average Bonchev–Trinajstić information content (AvgIpc) is 2.14. The SMILES string of the molecule is CCCCCCSP(=O)(OC(C)C)OC(C)C. The van der Waals surface area contributed by atoms with Crippen molar-refractivity contribution < 1.29 is 13.6 Å². The van der Waals surface area contributed by atoms with Gasteiger partial charge in [0, 0.05) is 5.75 Å². The lowest BCUT2D eigenvalue weighted by Gasteiger charge is -2.21. The van der Waals surface area contributed by atoms with E-state index >= 15 is 0 Å². The molecule has 0 aliphatic rings. The lowest BCUT2D eigenvalue weighted by atomic mass is 10.2. The molecule has 0 heterocycles. The Kier molecular flexibility index (Phi) is 9.71. The summed E-state index contributed by atoms with van der Waals surface area (Å²) in [6.07, 6.45) is 4.58. The highest BCUT2D eigenvalue weighted by Gasteiger charge is 2.28. The summed E-state index contributed by atoms with van der Waals surface area (Å²) in [7, 11) is 0. The monoisotopic (exact) mass is 282 g/mol. The van der Waals surface area contributed by atoms with E-state index in [-0.39, 0.29) is 12.2 Å². The molecule has 104 valence electrons. The van der Waals surface area contributed by atoms with Crippen molar-refractivity contribution in [2.75, 3.05) is 5.75 Å². The Labute approximate surface area is 110 Å². The predicted octanol–water partition coefficient (Wildman–Crippen LogP) is 5.26. The van der Waals surface area contributed by atoms with Crippen molar-refractivity contribution in [3.05, 3.63) is 0 Å². The highest BCUT2D eigenvalue weighted by molar-refractivity contribution is 8.55. The minimum Gasteiger partial charge on any atom is -0.298 e. The molecule has 0 aliphatic carbocycles. The lowest BCUT2D eigenvalue weighted by molar-refractivity contribution is 0.156. The Bertz CT molecular complexity index is 218. The van der Waals surface area contributed by atoms with E-state index in [1.165, 1.54) is 30.6 Å². The Morgan fingerprint density at radius 1 is 1.00 bits per heavy atom. The van der Waals surface area contributed by atoms with E-state index < -0.39 is 6.80 Å². The summed E-state index contributed by atoms with van der Waals surface area (Å²) in [6, 6.07) is 0. The van der Waals surface area contributed by atoms with Gasteiger partial charge in [0.05, 0.1) is 12.2 Å². The zero-order valence-electron chi connectivity index (χ0n) is 11.8. The van der Waals surface area contributed by atoms with Crippen molar-refractivity contribution >= 4 is 18.2 Å². The lowest BCUT2D eigenvalue weighted by Crippen LogP contribution is -2.06. The standard InChI is InChI=1S/C12H27O3PS/c1-6-7-8-9-10-17-16(13,14-11(2)3)15-12(4)5/h11-12H,6-10H2,1-5H3. The van der Waals surface area contributed by atoms with Gasteiger partial charge in [0.1, 0.15) is 0 Å². The third-order valence-corrected chi connectivity index (χ3v) is 6.09. The van der Waals surface area contributed by atoms with Crippen LogP contribution in [0.1, 0.15) is 60.3 Å². The number of hydrogen-bond acceptors (Lipinski definition) is 4. The van der Waals surface area contributed by atoms with E-state index in [0.29, 0.717) is 0 Å². The summed E-state index contributed by atoms with van der Waals surface area (Å²) < 4.78 is 23.3.